The van der Waals surface area contributed by atoms with Gasteiger partial charge in [0, 0.05) is 38.4 Å². The summed E-state index contributed by atoms with van der Waals surface area (Å²) in [5, 5.41) is 3.22. The Morgan fingerprint density at radius 1 is 0.958 bits per heavy atom. The van der Waals surface area contributed by atoms with E-state index in [2.05, 4.69) is 53.5 Å². The number of hydrogen-bond acceptors (Lipinski definition) is 3. The summed E-state index contributed by atoms with van der Waals surface area (Å²) in [5.74, 6) is 0.176. The van der Waals surface area contributed by atoms with Gasteiger partial charge in [-0.1, -0.05) is 48.0 Å². The predicted molar refractivity (Wildman–Crippen MR) is 98.0 cm³/mol. The fraction of sp³-hybridized carbons (Fsp3) is 0.350. The van der Waals surface area contributed by atoms with Crippen molar-refractivity contribution in [3.63, 3.8) is 0 Å². The molecule has 0 saturated carbocycles. The van der Waals surface area contributed by atoms with Gasteiger partial charge < -0.3 is 10.2 Å². The van der Waals surface area contributed by atoms with Gasteiger partial charge in [0.05, 0.1) is 6.54 Å². The fourth-order valence-corrected chi connectivity index (χ4v) is 2.96. The first kappa shape index (κ1) is 16.5. The van der Waals surface area contributed by atoms with Crippen LogP contribution in [0.4, 0.5) is 5.69 Å². The molecular formula is C20H25N3O. The van der Waals surface area contributed by atoms with E-state index in [0.717, 1.165) is 38.4 Å². The maximum Gasteiger partial charge on any atom is 0.241 e. The van der Waals surface area contributed by atoms with Crippen molar-refractivity contribution >= 4 is 11.6 Å². The third-order valence-corrected chi connectivity index (χ3v) is 4.47. The summed E-state index contributed by atoms with van der Waals surface area (Å²) in [6, 6.07) is 18.6. The lowest BCUT2D eigenvalue weighted by Gasteiger charge is -2.34. The Morgan fingerprint density at radius 3 is 2.29 bits per heavy atom. The number of rotatable bonds is 5. The Morgan fingerprint density at radius 2 is 1.62 bits per heavy atom. The molecule has 0 radical (unpaired) electrons. The summed E-state index contributed by atoms with van der Waals surface area (Å²) in [7, 11) is 0. The number of hydrogen-bond donors (Lipinski definition) is 1. The largest absolute Gasteiger partial charge is 0.376 e. The van der Waals surface area contributed by atoms with E-state index in [1.165, 1.54) is 11.1 Å². The molecule has 0 unspecified atom stereocenters. The van der Waals surface area contributed by atoms with Gasteiger partial charge >= 0.3 is 0 Å². The third-order valence-electron chi connectivity index (χ3n) is 4.47. The zero-order valence-corrected chi connectivity index (χ0v) is 14.2. The first-order chi connectivity index (χ1) is 11.7. The molecule has 1 saturated heterocycles. The molecule has 1 amide bonds. The molecule has 2 aromatic carbocycles. The number of nitrogens with one attached hydrogen (secondary N) is 1. The summed E-state index contributed by atoms with van der Waals surface area (Å²) >= 11 is 0. The van der Waals surface area contributed by atoms with E-state index in [0.29, 0.717) is 6.54 Å². The van der Waals surface area contributed by atoms with Crippen LogP contribution < -0.4 is 5.32 Å². The van der Waals surface area contributed by atoms with Crippen LogP contribution in [-0.2, 0) is 11.3 Å². The van der Waals surface area contributed by atoms with E-state index in [4.69, 9.17) is 0 Å². The van der Waals surface area contributed by atoms with E-state index in [1.807, 2.05) is 23.1 Å². The third kappa shape index (κ3) is 4.59. The molecule has 0 aliphatic carbocycles. The quantitative estimate of drug-likeness (QED) is 0.919. The zero-order valence-electron chi connectivity index (χ0n) is 14.2. The van der Waals surface area contributed by atoms with Crippen molar-refractivity contribution in [2.75, 3.05) is 38.0 Å². The van der Waals surface area contributed by atoms with Crippen LogP contribution >= 0.6 is 0 Å². The van der Waals surface area contributed by atoms with Crippen molar-refractivity contribution in [2.24, 2.45) is 0 Å². The molecule has 0 aromatic heterocycles. The standard InChI is InChI=1S/C20H25N3O/c1-17-7-9-19(10-8-17)21-15-20(24)23-13-11-22(12-14-23)16-18-5-3-2-4-6-18/h2-10,21H,11-16H2,1H3. The second-order valence-electron chi connectivity index (χ2n) is 6.36. The Bertz CT molecular complexity index is 646. The highest BCUT2D eigenvalue weighted by molar-refractivity contribution is 5.81. The second kappa shape index (κ2) is 7.97. The summed E-state index contributed by atoms with van der Waals surface area (Å²) in [4.78, 5) is 16.7. The zero-order chi connectivity index (χ0) is 16.8. The first-order valence-electron chi connectivity index (χ1n) is 8.55. The van der Waals surface area contributed by atoms with Gasteiger partial charge in [-0.2, -0.15) is 0 Å². The van der Waals surface area contributed by atoms with Crippen molar-refractivity contribution in [1.82, 2.24) is 9.80 Å². The molecule has 1 aliphatic rings. The Kier molecular flexibility index (Phi) is 5.49. The van der Waals surface area contributed by atoms with Gasteiger partial charge in [-0.05, 0) is 24.6 Å². The predicted octanol–water partition coefficient (Wildman–Crippen LogP) is 2.75. The number of carbonyl (C=O) groups is 1. The molecule has 1 heterocycles. The van der Waals surface area contributed by atoms with Gasteiger partial charge in [-0.15, -0.1) is 0 Å². The van der Waals surface area contributed by atoms with Crippen LogP contribution in [-0.4, -0.2) is 48.4 Å². The minimum atomic E-state index is 0.176. The fourth-order valence-electron chi connectivity index (χ4n) is 2.96. The Labute approximate surface area is 144 Å². The van der Waals surface area contributed by atoms with Crippen LogP contribution in [0.1, 0.15) is 11.1 Å². The van der Waals surface area contributed by atoms with Crippen LogP contribution in [0.25, 0.3) is 0 Å². The van der Waals surface area contributed by atoms with Crippen LogP contribution in [0.15, 0.2) is 54.6 Å². The highest BCUT2D eigenvalue weighted by Gasteiger charge is 2.20. The number of benzene rings is 2. The Balaban J connectivity index is 1.42. The molecule has 4 nitrogen and oxygen atoms in total. The monoisotopic (exact) mass is 323 g/mol. The van der Waals surface area contributed by atoms with Crippen LogP contribution in [0.2, 0.25) is 0 Å². The lowest BCUT2D eigenvalue weighted by Crippen LogP contribution is -2.49. The lowest BCUT2D eigenvalue weighted by molar-refractivity contribution is -0.131. The average molecular weight is 323 g/mol. The molecule has 126 valence electrons. The van der Waals surface area contributed by atoms with Crippen LogP contribution in [0, 0.1) is 6.92 Å². The first-order valence-corrected chi connectivity index (χ1v) is 8.55. The van der Waals surface area contributed by atoms with Crippen molar-refractivity contribution < 1.29 is 4.79 Å². The molecule has 0 atom stereocenters. The van der Waals surface area contributed by atoms with Gasteiger partial charge in [0.15, 0.2) is 0 Å². The molecule has 4 heteroatoms. The number of piperazine rings is 1. The van der Waals surface area contributed by atoms with Gasteiger partial charge in [0.2, 0.25) is 5.91 Å². The maximum atomic E-state index is 12.3. The van der Waals surface area contributed by atoms with E-state index in [-0.39, 0.29) is 5.91 Å². The highest BCUT2D eigenvalue weighted by atomic mass is 16.2. The molecule has 1 N–H and O–H groups in total. The molecule has 0 spiro atoms. The summed E-state index contributed by atoms with van der Waals surface area (Å²) in [6.45, 7) is 6.87. The smallest absolute Gasteiger partial charge is 0.241 e. The van der Waals surface area contributed by atoms with Crippen LogP contribution in [0.5, 0.6) is 0 Å². The van der Waals surface area contributed by atoms with Gasteiger partial charge in [-0.3, -0.25) is 9.69 Å². The molecular weight excluding hydrogens is 298 g/mol. The van der Waals surface area contributed by atoms with E-state index in [9.17, 15) is 4.79 Å². The van der Waals surface area contributed by atoms with E-state index < -0.39 is 0 Å². The molecule has 24 heavy (non-hydrogen) atoms. The molecule has 2 aromatic rings. The van der Waals surface area contributed by atoms with Gasteiger partial charge in [-0.25, -0.2) is 0 Å². The molecule has 1 aliphatic heterocycles. The number of carbonyl (C=O) groups excluding carboxylic acids is 1. The van der Waals surface area contributed by atoms with E-state index >= 15 is 0 Å². The summed E-state index contributed by atoms with van der Waals surface area (Å²) in [5.41, 5.74) is 3.55. The number of aryl methyl sites for hydroxylation is 1. The Hall–Kier alpha value is -2.33. The van der Waals surface area contributed by atoms with Crippen LogP contribution in [0.3, 0.4) is 0 Å². The second-order valence-corrected chi connectivity index (χ2v) is 6.36. The summed E-state index contributed by atoms with van der Waals surface area (Å²) in [6.07, 6.45) is 0. The highest BCUT2D eigenvalue weighted by Crippen LogP contribution is 2.10. The van der Waals surface area contributed by atoms with Gasteiger partial charge in [0.25, 0.3) is 0 Å². The van der Waals surface area contributed by atoms with Crippen molar-refractivity contribution in [3.05, 3.63) is 65.7 Å². The number of anilines is 1. The van der Waals surface area contributed by atoms with Crippen molar-refractivity contribution in [3.8, 4) is 0 Å². The molecule has 0 bridgehead atoms. The topological polar surface area (TPSA) is 35.6 Å². The number of nitrogens with zero attached hydrogens (tertiary/aromatic N) is 2. The molecule has 1 fully saturated rings. The molecule has 3 rings (SSSR count). The maximum absolute atomic E-state index is 12.3. The minimum Gasteiger partial charge on any atom is -0.376 e. The number of amides is 1. The average Bonchev–Trinajstić information content (AvgIpc) is 2.62. The normalized spacial score (nSPS) is 15.3. The van der Waals surface area contributed by atoms with Gasteiger partial charge in [0.1, 0.15) is 0 Å². The SMILES string of the molecule is Cc1ccc(NCC(=O)N2CCN(Cc3ccccc3)CC2)cc1. The van der Waals surface area contributed by atoms with Crippen molar-refractivity contribution in [2.45, 2.75) is 13.5 Å². The summed E-state index contributed by atoms with van der Waals surface area (Å²) < 4.78 is 0. The van der Waals surface area contributed by atoms with Crippen molar-refractivity contribution in [1.29, 1.82) is 0 Å². The minimum absolute atomic E-state index is 0.176. The van der Waals surface area contributed by atoms with E-state index in [1.54, 1.807) is 0 Å². The lowest BCUT2D eigenvalue weighted by atomic mass is 10.2.